The fraction of sp³-hybridized carbons (Fsp3) is 0.375. The van der Waals surface area contributed by atoms with Crippen LogP contribution in [0.25, 0.3) is 0 Å². The van der Waals surface area contributed by atoms with Crippen molar-refractivity contribution >= 4 is 12.4 Å². The second-order valence-electron chi connectivity index (χ2n) is 4.70. The van der Waals surface area contributed by atoms with Gasteiger partial charge in [-0.3, -0.25) is 0 Å². The monoisotopic (exact) mass is 273 g/mol. The van der Waals surface area contributed by atoms with Gasteiger partial charge in [-0.2, -0.15) is 10.2 Å². The molecule has 0 amide bonds. The van der Waals surface area contributed by atoms with Gasteiger partial charge in [-0.1, -0.05) is 32.1 Å². The SMILES string of the molecule is C=N/N=C(\C=C/CCOc1ccc(C(C)C)cc1)CN. The van der Waals surface area contributed by atoms with Crippen LogP contribution in [0.4, 0.5) is 0 Å². The van der Waals surface area contributed by atoms with Crippen LogP contribution in [0.5, 0.6) is 5.75 Å². The molecule has 0 aliphatic rings. The van der Waals surface area contributed by atoms with Gasteiger partial charge in [0.15, 0.2) is 0 Å². The van der Waals surface area contributed by atoms with Gasteiger partial charge in [0.2, 0.25) is 0 Å². The van der Waals surface area contributed by atoms with Crippen LogP contribution in [0.1, 0.15) is 31.7 Å². The molecule has 0 atom stereocenters. The van der Waals surface area contributed by atoms with Crippen molar-refractivity contribution < 1.29 is 4.74 Å². The summed E-state index contributed by atoms with van der Waals surface area (Å²) in [5.41, 5.74) is 7.53. The Kier molecular flexibility index (Phi) is 7.29. The zero-order valence-electron chi connectivity index (χ0n) is 12.2. The van der Waals surface area contributed by atoms with Crippen molar-refractivity contribution in [1.82, 2.24) is 0 Å². The van der Waals surface area contributed by atoms with Crippen LogP contribution < -0.4 is 10.5 Å². The molecular formula is C16H23N3O. The van der Waals surface area contributed by atoms with E-state index in [1.165, 1.54) is 5.56 Å². The van der Waals surface area contributed by atoms with Crippen LogP contribution in [0.15, 0.2) is 46.6 Å². The maximum atomic E-state index is 5.66. The van der Waals surface area contributed by atoms with Crippen LogP contribution in [0.2, 0.25) is 0 Å². The lowest BCUT2D eigenvalue weighted by atomic mass is 10.0. The first kappa shape index (κ1) is 16.1. The van der Waals surface area contributed by atoms with Gasteiger partial charge in [-0.25, -0.2) is 0 Å². The summed E-state index contributed by atoms with van der Waals surface area (Å²) in [5.74, 6) is 1.43. The van der Waals surface area contributed by atoms with Gasteiger partial charge >= 0.3 is 0 Å². The van der Waals surface area contributed by atoms with E-state index in [0.29, 0.717) is 24.8 Å². The molecule has 0 heterocycles. The molecule has 0 saturated carbocycles. The fourth-order valence-electron chi connectivity index (χ4n) is 1.65. The number of hydrogen-bond donors (Lipinski definition) is 1. The van der Waals surface area contributed by atoms with Crippen LogP contribution in [0.3, 0.4) is 0 Å². The quantitative estimate of drug-likeness (QED) is 0.449. The summed E-state index contributed by atoms with van der Waals surface area (Å²) in [6.45, 7) is 8.63. The van der Waals surface area contributed by atoms with Crippen molar-refractivity contribution in [3.05, 3.63) is 42.0 Å². The minimum Gasteiger partial charge on any atom is -0.493 e. The Morgan fingerprint density at radius 1 is 1.35 bits per heavy atom. The molecule has 0 unspecified atom stereocenters. The summed E-state index contributed by atoms with van der Waals surface area (Å²) in [5, 5.41) is 7.25. The third-order valence-corrected chi connectivity index (χ3v) is 2.82. The van der Waals surface area contributed by atoms with Gasteiger partial charge in [0.05, 0.1) is 12.3 Å². The van der Waals surface area contributed by atoms with Gasteiger partial charge in [0, 0.05) is 13.3 Å². The highest BCUT2D eigenvalue weighted by Gasteiger charge is 1.99. The predicted molar refractivity (Wildman–Crippen MR) is 85.8 cm³/mol. The molecule has 0 spiro atoms. The smallest absolute Gasteiger partial charge is 0.119 e. The van der Waals surface area contributed by atoms with Crippen molar-refractivity contribution in [3.63, 3.8) is 0 Å². The van der Waals surface area contributed by atoms with Gasteiger partial charge < -0.3 is 10.5 Å². The minimum absolute atomic E-state index is 0.354. The van der Waals surface area contributed by atoms with Crippen molar-refractivity contribution in [3.8, 4) is 5.75 Å². The van der Waals surface area contributed by atoms with Crippen LogP contribution >= 0.6 is 0 Å². The minimum atomic E-state index is 0.354. The Bertz CT molecular complexity index is 461. The first-order valence-electron chi connectivity index (χ1n) is 6.79. The van der Waals surface area contributed by atoms with E-state index in [1.54, 1.807) is 0 Å². The lowest BCUT2D eigenvalue weighted by molar-refractivity contribution is 0.325. The molecule has 0 fully saturated rings. The van der Waals surface area contributed by atoms with Crippen molar-refractivity contribution in [1.29, 1.82) is 0 Å². The zero-order valence-corrected chi connectivity index (χ0v) is 12.2. The van der Waals surface area contributed by atoms with Crippen LogP contribution in [-0.4, -0.2) is 25.6 Å². The van der Waals surface area contributed by atoms with Crippen LogP contribution in [0, 0.1) is 0 Å². The molecule has 0 aromatic heterocycles. The van der Waals surface area contributed by atoms with Gasteiger partial charge in [0.1, 0.15) is 5.75 Å². The van der Waals surface area contributed by atoms with Crippen molar-refractivity contribution in [2.24, 2.45) is 15.9 Å². The number of hydrogen-bond acceptors (Lipinski definition) is 4. The number of benzene rings is 1. The topological polar surface area (TPSA) is 60.0 Å². The Morgan fingerprint density at radius 2 is 2.05 bits per heavy atom. The van der Waals surface area contributed by atoms with Crippen molar-refractivity contribution in [2.75, 3.05) is 13.2 Å². The highest BCUT2D eigenvalue weighted by Crippen LogP contribution is 2.18. The second-order valence-corrected chi connectivity index (χ2v) is 4.70. The van der Waals surface area contributed by atoms with E-state index in [0.717, 1.165) is 12.2 Å². The van der Waals surface area contributed by atoms with Gasteiger partial charge in [-0.05, 0) is 36.1 Å². The molecular weight excluding hydrogens is 250 g/mol. The van der Waals surface area contributed by atoms with E-state index in [2.05, 4.69) is 42.9 Å². The summed E-state index contributed by atoms with van der Waals surface area (Å²) in [4.78, 5) is 0. The zero-order chi connectivity index (χ0) is 14.8. The van der Waals surface area contributed by atoms with E-state index in [4.69, 9.17) is 10.5 Å². The summed E-state index contributed by atoms with van der Waals surface area (Å²) >= 11 is 0. The van der Waals surface area contributed by atoms with Crippen LogP contribution in [-0.2, 0) is 0 Å². The molecule has 1 aromatic rings. The van der Waals surface area contributed by atoms with Crippen molar-refractivity contribution in [2.45, 2.75) is 26.2 Å². The Hall–Kier alpha value is -1.94. The third kappa shape index (κ3) is 5.80. The molecule has 0 bridgehead atoms. The van der Waals surface area contributed by atoms with E-state index >= 15 is 0 Å². The molecule has 0 radical (unpaired) electrons. The Labute approximate surface area is 121 Å². The lowest BCUT2D eigenvalue weighted by Gasteiger charge is -2.08. The van der Waals surface area contributed by atoms with E-state index in [9.17, 15) is 0 Å². The molecule has 20 heavy (non-hydrogen) atoms. The van der Waals surface area contributed by atoms with Gasteiger partial charge in [-0.15, -0.1) is 0 Å². The van der Waals surface area contributed by atoms with E-state index in [-0.39, 0.29) is 0 Å². The molecule has 4 heteroatoms. The largest absolute Gasteiger partial charge is 0.493 e. The predicted octanol–water partition coefficient (Wildman–Crippen LogP) is 3.15. The first-order chi connectivity index (χ1) is 9.67. The normalized spacial score (nSPS) is 12.1. The molecule has 2 N–H and O–H groups in total. The molecule has 0 aliphatic carbocycles. The molecule has 108 valence electrons. The van der Waals surface area contributed by atoms with E-state index < -0.39 is 0 Å². The maximum absolute atomic E-state index is 5.66. The highest BCUT2D eigenvalue weighted by atomic mass is 16.5. The Morgan fingerprint density at radius 3 is 2.60 bits per heavy atom. The first-order valence-corrected chi connectivity index (χ1v) is 6.79. The lowest BCUT2D eigenvalue weighted by Crippen LogP contribution is -2.10. The molecule has 0 saturated heterocycles. The number of nitrogens with zero attached hydrogens (tertiary/aromatic N) is 2. The summed E-state index contributed by atoms with van der Waals surface area (Å²) in [6.07, 6.45) is 4.61. The van der Waals surface area contributed by atoms with Gasteiger partial charge in [0.25, 0.3) is 0 Å². The number of rotatable bonds is 8. The summed E-state index contributed by atoms with van der Waals surface area (Å²) in [7, 11) is 0. The maximum Gasteiger partial charge on any atom is 0.119 e. The summed E-state index contributed by atoms with van der Waals surface area (Å²) in [6, 6.07) is 8.22. The fourth-order valence-corrected chi connectivity index (χ4v) is 1.65. The second kappa shape index (κ2) is 9.04. The average molecular weight is 273 g/mol. The Balaban J connectivity index is 2.35. The molecule has 4 nitrogen and oxygen atoms in total. The summed E-state index contributed by atoms with van der Waals surface area (Å²) < 4.78 is 5.66. The highest BCUT2D eigenvalue weighted by molar-refractivity contribution is 5.96. The molecule has 1 aromatic carbocycles. The standard InChI is InChI=1S/C16H23N3O/c1-13(2)14-7-9-16(10-8-14)20-11-5-4-6-15(12-17)19-18-3/h4,6-10,13H,3,5,11-12,17H2,1-2H3/b6-4-,19-15+. The average Bonchev–Trinajstić information content (AvgIpc) is 2.46. The number of nitrogens with two attached hydrogens (primary N) is 1. The number of ether oxygens (including phenoxy) is 1. The van der Waals surface area contributed by atoms with E-state index in [1.807, 2.05) is 24.3 Å². The third-order valence-electron chi connectivity index (χ3n) is 2.82. The molecule has 0 aliphatic heterocycles. The molecule has 1 rings (SSSR count).